The van der Waals surface area contributed by atoms with Gasteiger partial charge in [0.25, 0.3) is 0 Å². The quantitative estimate of drug-likeness (QED) is 0.577. The van der Waals surface area contributed by atoms with Crippen LogP contribution >= 0.6 is 11.8 Å². The first-order chi connectivity index (χ1) is 7.67. The van der Waals surface area contributed by atoms with E-state index >= 15 is 0 Å². The van der Waals surface area contributed by atoms with Gasteiger partial charge in [-0.15, -0.1) is 11.8 Å². The van der Waals surface area contributed by atoms with Crippen molar-refractivity contribution in [1.82, 2.24) is 4.98 Å². The topological polar surface area (TPSA) is 70.4 Å². The van der Waals surface area contributed by atoms with Crippen LogP contribution < -0.4 is 0 Å². The van der Waals surface area contributed by atoms with Gasteiger partial charge in [-0.05, 0) is 12.1 Å². The van der Waals surface area contributed by atoms with Crippen LogP contribution in [0.1, 0.15) is 23.8 Å². The highest BCUT2D eigenvalue weighted by molar-refractivity contribution is 7.99. The molecule has 4 nitrogen and oxygen atoms in total. The maximum Gasteiger partial charge on any atom is 0.180 e. The lowest BCUT2D eigenvalue weighted by molar-refractivity contribution is 0.0983. The Morgan fingerprint density at radius 3 is 2.81 bits per heavy atom. The third-order valence-corrected chi connectivity index (χ3v) is 3.12. The predicted octanol–water partition coefficient (Wildman–Crippen LogP) is 1.12. The first kappa shape index (κ1) is 13.2. The van der Waals surface area contributed by atoms with Gasteiger partial charge in [0.15, 0.2) is 5.78 Å². The molecule has 1 aromatic heterocycles. The maximum atomic E-state index is 11.3. The maximum absolute atomic E-state index is 11.3. The van der Waals surface area contributed by atoms with Gasteiger partial charge in [0.1, 0.15) is 5.69 Å². The Bertz CT molecular complexity index is 340. The van der Waals surface area contributed by atoms with Gasteiger partial charge in [-0.3, -0.25) is 9.78 Å². The zero-order valence-electron chi connectivity index (χ0n) is 9.09. The fraction of sp³-hybridized carbons (Fsp3) is 0.455. The highest BCUT2D eigenvalue weighted by Crippen LogP contribution is 2.18. The highest BCUT2D eigenvalue weighted by Gasteiger charge is 2.06. The Kier molecular flexibility index (Phi) is 5.45. The molecular formula is C11H15NO3S. The number of ketones is 1. The van der Waals surface area contributed by atoms with Crippen LogP contribution in [0.15, 0.2) is 23.2 Å². The van der Waals surface area contributed by atoms with Crippen molar-refractivity contribution in [2.45, 2.75) is 24.3 Å². The van der Waals surface area contributed by atoms with E-state index in [9.17, 15) is 4.79 Å². The van der Waals surface area contributed by atoms with Crippen molar-refractivity contribution in [2.75, 3.05) is 12.4 Å². The monoisotopic (exact) mass is 241 g/mol. The van der Waals surface area contributed by atoms with Gasteiger partial charge < -0.3 is 10.2 Å². The zero-order chi connectivity index (χ0) is 12.0. The van der Waals surface area contributed by atoms with Gasteiger partial charge in [0.05, 0.1) is 12.7 Å². The molecule has 0 aromatic carbocycles. The van der Waals surface area contributed by atoms with Crippen molar-refractivity contribution in [1.29, 1.82) is 0 Å². The SMILES string of the molecule is CCC(=O)c1ccc(SCC(O)CO)cn1. The van der Waals surface area contributed by atoms with E-state index in [-0.39, 0.29) is 12.4 Å². The molecule has 0 aliphatic carbocycles. The van der Waals surface area contributed by atoms with Crippen LogP contribution in [0.5, 0.6) is 0 Å². The van der Waals surface area contributed by atoms with Crippen LogP contribution in [0.3, 0.4) is 0 Å². The molecular weight excluding hydrogens is 226 g/mol. The van der Waals surface area contributed by atoms with Gasteiger partial charge >= 0.3 is 0 Å². The fourth-order valence-electron chi connectivity index (χ4n) is 1.06. The Morgan fingerprint density at radius 2 is 2.31 bits per heavy atom. The Balaban J connectivity index is 2.54. The third kappa shape index (κ3) is 3.92. The molecule has 5 heteroatoms. The van der Waals surface area contributed by atoms with Crippen molar-refractivity contribution >= 4 is 17.5 Å². The van der Waals surface area contributed by atoms with Gasteiger partial charge in [0, 0.05) is 23.3 Å². The number of carbonyl (C=O) groups excluding carboxylic acids is 1. The highest BCUT2D eigenvalue weighted by atomic mass is 32.2. The summed E-state index contributed by atoms with van der Waals surface area (Å²) < 4.78 is 0. The van der Waals surface area contributed by atoms with Crippen LogP contribution in [0.4, 0.5) is 0 Å². The molecule has 1 rings (SSSR count). The number of rotatable bonds is 6. The first-order valence-electron chi connectivity index (χ1n) is 5.08. The lowest BCUT2D eigenvalue weighted by Crippen LogP contribution is -2.14. The Hall–Kier alpha value is -0.910. The molecule has 0 spiro atoms. The molecule has 0 amide bonds. The second-order valence-corrected chi connectivity index (χ2v) is 4.40. The van der Waals surface area contributed by atoms with Gasteiger partial charge in [-0.25, -0.2) is 0 Å². The van der Waals surface area contributed by atoms with E-state index in [1.54, 1.807) is 25.3 Å². The minimum absolute atomic E-state index is 0.0203. The lowest BCUT2D eigenvalue weighted by atomic mass is 10.2. The van der Waals surface area contributed by atoms with Crippen molar-refractivity contribution in [3.8, 4) is 0 Å². The van der Waals surface area contributed by atoms with Crippen LogP contribution in [0.25, 0.3) is 0 Å². The molecule has 0 fully saturated rings. The number of aromatic nitrogens is 1. The molecule has 1 aromatic rings. The van der Waals surface area contributed by atoms with Crippen LogP contribution in [0.2, 0.25) is 0 Å². The summed E-state index contributed by atoms with van der Waals surface area (Å²) >= 11 is 1.40. The Morgan fingerprint density at radius 1 is 1.56 bits per heavy atom. The second-order valence-electron chi connectivity index (χ2n) is 3.30. The second kappa shape index (κ2) is 6.62. The van der Waals surface area contributed by atoms with Gasteiger partial charge in [-0.2, -0.15) is 0 Å². The van der Waals surface area contributed by atoms with Crippen LogP contribution in [-0.4, -0.2) is 39.4 Å². The number of hydrogen-bond donors (Lipinski definition) is 2. The summed E-state index contributed by atoms with van der Waals surface area (Å²) in [5.41, 5.74) is 0.467. The van der Waals surface area contributed by atoms with E-state index in [4.69, 9.17) is 10.2 Å². The molecule has 1 atom stereocenters. The molecule has 1 unspecified atom stereocenters. The number of nitrogens with zero attached hydrogens (tertiary/aromatic N) is 1. The molecule has 16 heavy (non-hydrogen) atoms. The van der Waals surface area contributed by atoms with Gasteiger partial charge in [-0.1, -0.05) is 6.92 Å². The van der Waals surface area contributed by atoms with E-state index in [1.165, 1.54) is 11.8 Å². The van der Waals surface area contributed by atoms with Crippen molar-refractivity contribution in [3.05, 3.63) is 24.0 Å². The zero-order valence-corrected chi connectivity index (χ0v) is 9.91. The van der Waals surface area contributed by atoms with E-state index in [0.717, 1.165) is 4.90 Å². The molecule has 2 N–H and O–H groups in total. The lowest BCUT2D eigenvalue weighted by Gasteiger charge is -2.06. The molecule has 0 aliphatic rings. The van der Waals surface area contributed by atoms with Crippen molar-refractivity contribution < 1.29 is 15.0 Å². The van der Waals surface area contributed by atoms with E-state index < -0.39 is 6.10 Å². The van der Waals surface area contributed by atoms with E-state index in [1.807, 2.05) is 0 Å². The number of thioether (sulfide) groups is 1. The largest absolute Gasteiger partial charge is 0.394 e. The molecule has 0 radical (unpaired) electrons. The number of aliphatic hydroxyl groups is 2. The number of hydrogen-bond acceptors (Lipinski definition) is 5. The minimum Gasteiger partial charge on any atom is -0.394 e. The normalized spacial score (nSPS) is 12.4. The van der Waals surface area contributed by atoms with Crippen LogP contribution in [0, 0.1) is 0 Å². The van der Waals surface area contributed by atoms with Crippen LogP contribution in [-0.2, 0) is 0 Å². The molecule has 1 heterocycles. The number of pyridine rings is 1. The number of aliphatic hydroxyl groups excluding tert-OH is 2. The molecule has 0 aliphatic heterocycles. The summed E-state index contributed by atoms with van der Waals surface area (Å²) in [6.07, 6.45) is 1.34. The number of Topliss-reactive ketones (excluding diaryl/α,β-unsaturated/α-hetero) is 1. The average molecular weight is 241 g/mol. The smallest absolute Gasteiger partial charge is 0.180 e. The summed E-state index contributed by atoms with van der Waals surface area (Å²) in [6, 6.07) is 3.48. The van der Waals surface area contributed by atoms with Crippen molar-refractivity contribution in [2.24, 2.45) is 0 Å². The molecule has 0 saturated carbocycles. The molecule has 0 bridgehead atoms. The summed E-state index contributed by atoms with van der Waals surface area (Å²) in [7, 11) is 0. The first-order valence-corrected chi connectivity index (χ1v) is 6.07. The van der Waals surface area contributed by atoms with Gasteiger partial charge in [0.2, 0.25) is 0 Å². The average Bonchev–Trinajstić information content (AvgIpc) is 2.35. The van der Waals surface area contributed by atoms with Crippen molar-refractivity contribution in [3.63, 3.8) is 0 Å². The van der Waals surface area contributed by atoms with E-state index in [0.29, 0.717) is 17.9 Å². The minimum atomic E-state index is -0.720. The third-order valence-electron chi connectivity index (χ3n) is 2.00. The standard InChI is InChI=1S/C11H15NO3S/c1-2-11(15)10-4-3-9(5-12-10)16-7-8(14)6-13/h3-5,8,13-14H,2,6-7H2,1H3. The molecule has 0 saturated heterocycles. The number of carbonyl (C=O) groups is 1. The summed E-state index contributed by atoms with van der Waals surface area (Å²) in [5.74, 6) is 0.436. The summed E-state index contributed by atoms with van der Waals surface area (Å²) in [5, 5.41) is 17.8. The van der Waals surface area contributed by atoms with E-state index in [2.05, 4.69) is 4.98 Å². The Labute approximate surface area is 98.7 Å². The fourth-order valence-corrected chi connectivity index (χ4v) is 1.84. The predicted molar refractivity (Wildman–Crippen MR) is 62.7 cm³/mol. The summed E-state index contributed by atoms with van der Waals surface area (Å²) in [4.78, 5) is 16.2. The summed E-state index contributed by atoms with van der Waals surface area (Å²) in [6.45, 7) is 1.55. The molecule has 88 valence electrons.